The van der Waals surface area contributed by atoms with Crippen LogP contribution in [0, 0.1) is 11.3 Å². The topological polar surface area (TPSA) is 44.4 Å². The maximum absolute atomic E-state index is 12.6. The zero-order valence-corrected chi connectivity index (χ0v) is 12.5. The lowest BCUT2D eigenvalue weighted by Crippen LogP contribution is -2.48. The Kier molecular flexibility index (Phi) is 5.22. The summed E-state index contributed by atoms with van der Waals surface area (Å²) in [5, 5.41) is 6.62. The minimum absolute atomic E-state index is 0.0928. The van der Waals surface area contributed by atoms with E-state index in [1.807, 2.05) is 0 Å². The first-order valence-electron chi connectivity index (χ1n) is 7.84. The van der Waals surface area contributed by atoms with Crippen molar-refractivity contribution in [2.75, 3.05) is 39.8 Å². The van der Waals surface area contributed by atoms with Crippen LogP contribution in [0.2, 0.25) is 0 Å². The van der Waals surface area contributed by atoms with E-state index in [-0.39, 0.29) is 5.41 Å². The minimum Gasteiger partial charge on any atom is -0.355 e. The van der Waals surface area contributed by atoms with Crippen LogP contribution in [-0.2, 0) is 4.79 Å². The van der Waals surface area contributed by atoms with Crippen LogP contribution in [-0.4, -0.2) is 50.6 Å². The van der Waals surface area contributed by atoms with Gasteiger partial charge >= 0.3 is 0 Å². The molecule has 4 heteroatoms. The van der Waals surface area contributed by atoms with Gasteiger partial charge in [0.2, 0.25) is 5.91 Å². The molecule has 2 aliphatic heterocycles. The summed E-state index contributed by atoms with van der Waals surface area (Å²) in [5.41, 5.74) is -0.0928. The minimum atomic E-state index is -0.0928. The molecule has 4 nitrogen and oxygen atoms in total. The summed E-state index contributed by atoms with van der Waals surface area (Å²) in [5.74, 6) is 0.958. The molecule has 2 fully saturated rings. The highest BCUT2D eigenvalue weighted by Crippen LogP contribution is 2.34. The summed E-state index contributed by atoms with van der Waals surface area (Å²) in [6, 6.07) is 0. The molecule has 0 bridgehead atoms. The second-order valence-corrected chi connectivity index (χ2v) is 6.41. The molecule has 2 aliphatic rings. The second-order valence-electron chi connectivity index (χ2n) is 6.41. The van der Waals surface area contributed by atoms with E-state index in [0.29, 0.717) is 11.8 Å². The van der Waals surface area contributed by atoms with Crippen LogP contribution in [0.15, 0.2) is 0 Å². The molecule has 0 aromatic heterocycles. The summed E-state index contributed by atoms with van der Waals surface area (Å²) in [4.78, 5) is 14.9. The molecule has 0 aromatic rings. The van der Waals surface area contributed by atoms with E-state index in [1.165, 1.54) is 13.0 Å². The second kappa shape index (κ2) is 6.71. The van der Waals surface area contributed by atoms with Crippen LogP contribution in [0.25, 0.3) is 0 Å². The van der Waals surface area contributed by atoms with Crippen LogP contribution in [0.1, 0.15) is 39.0 Å². The fourth-order valence-corrected chi connectivity index (χ4v) is 3.59. The molecule has 2 N–H and O–H groups in total. The third-order valence-corrected chi connectivity index (χ3v) is 4.81. The first-order valence-corrected chi connectivity index (χ1v) is 7.84. The molecule has 0 spiro atoms. The smallest absolute Gasteiger partial charge is 0.226 e. The maximum atomic E-state index is 12.6. The predicted octanol–water partition coefficient (Wildman–Crippen LogP) is 1.22. The van der Waals surface area contributed by atoms with Gasteiger partial charge in [0.05, 0.1) is 5.41 Å². The number of hydrogen-bond donors (Lipinski definition) is 2. The molecule has 1 unspecified atom stereocenters. The van der Waals surface area contributed by atoms with E-state index in [2.05, 4.69) is 29.5 Å². The molecule has 2 rings (SSSR count). The van der Waals surface area contributed by atoms with E-state index in [4.69, 9.17) is 0 Å². The number of piperidine rings is 1. The Bertz CT molecular complexity index is 294. The average molecular weight is 267 g/mol. The summed E-state index contributed by atoms with van der Waals surface area (Å²) in [6.45, 7) is 7.32. The Labute approximate surface area is 117 Å². The molecule has 0 radical (unpaired) electrons. The fourth-order valence-electron chi connectivity index (χ4n) is 3.59. The molecule has 2 heterocycles. The van der Waals surface area contributed by atoms with Gasteiger partial charge in [0.1, 0.15) is 0 Å². The normalized spacial score (nSPS) is 27.4. The Morgan fingerprint density at radius 2 is 2.16 bits per heavy atom. The third-order valence-electron chi connectivity index (χ3n) is 4.81. The molecule has 110 valence electrons. The van der Waals surface area contributed by atoms with Crippen molar-refractivity contribution in [3.05, 3.63) is 0 Å². The average Bonchev–Trinajstić information content (AvgIpc) is 2.83. The quantitative estimate of drug-likeness (QED) is 0.787. The van der Waals surface area contributed by atoms with Gasteiger partial charge in [-0.1, -0.05) is 13.3 Å². The molecule has 2 saturated heterocycles. The van der Waals surface area contributed by atoms with Gasteiger partial charge in [0.25, 0.3) is 0 Å². The highest BCUT2D eigenvalue weighted by Gasteiger charge is 2.38. The monoisotopic (exact) mass is 267 g/mol. The number of carbonyl (C=O) groups is 1. The number of likely N-dealkylation sites (tertiary alicyclic amines) is 1. The van der Waals surface area contributed by atoms with Crippen molar-refractivity contribution in [2.24, 2.45) is 11.3 Å². The number of carbonyl (C=O) groups excluding carboxylic acids is 1. The van der Waals surface area contributed by atoms with Crippen LogP contribution in [0.3, 0.4) is 0 Å². The van der Waals surface area contributed by atoms with Crippen molar-refractivity contribution in [3.63, 3.8) is 0 Å². The predicted molar refractivity (Wildman–Crippen MR) is 78.1 cm³/mol. The first-order chi connectivity index (χ1) is 9.16. The lowest BCUT2D eigenvalue weighted by Gasteiger charge is -2.36. The number of nitrogens with one attached hydrogen (secondary N) is 2. The molecular weight excluding hydrogens is 238 g/mol. The number of amides is 1. The fraction of sp³-hybridized carbons (Fsp3) is 0.933. The van der Waals surface area contributed by atoms with Gasteiger partial charge in [-0.05, 0) is 58.3 Å². The Morgan fingerprint density at radius 3 is 2.74 bits per heavy atom. The summed E-state index contributed by atoms with van der Waals surface area (Å²) >= 11 is 0. The largest absolute Gasteiger partial charge is 0.355 e. The van der Waals surface area contributed by atoms with Gasteiger partial charge in [0, 0.05) is 13.1 Å². The van der Waals surface area contributed by atoms with Gasteiger partial charge in [-0.3, -0.25) is 4.79 Å². The van der Waals surface area contributed by atoms with Gasteiger partial charge in [0.15, 0.2) is 0 Å². The van der Waals surface area contributed by atoms with E-state index in [0.717, 1.165) is 51.9 Å². The summed E-state index contributed by atoms with van der Waals surface area (Å²) in [6.07, 6.45) is 5.35. The van der Waals surface area contributed by atoms with Crippen molar-refractivity contribution in [3.8, 4) is 0 Å². The van der Waals surface area contributed by atoms with Gasteiger partial charge in [-0.25, -0.2) is 0 Å². The Balaban J connectivity index is 1.85. The molecule has 0 aromatic carbocycles. The lowest BCUT2D eigenvalue weighted by molar-refractivity contribution is -0.133. The van der Waals surface area contributed by atoms with Gasteiger partial charge in [-0.15, -0.1) is 0 Å². The Morgan fingerprint density at radius 1 is 1.42 bits per heavy atom. The van der Waals surface area contributed by atoms with Crippen molar-refractivity contribution >= 4 is 5.91 Å². The number of hydrogen-bond acceptors (Lipinski definition) is 3. The van der Waals surface area contributed by atoms with E-state index >= 15 is 0 Å². The standard InChI is InChI=1S/C15H29N3O/c1-3-5-15(6-8-16-9-7-15)14(19)17-11-13-4-10-18(2)12-13/h13,16H,3-12H2,1-2H3,(H,17,19). The van der Waals surface area contributed by atoms with Crippen LogP contribution in [0.5, 0.6) is 0 Å². The van der Waals surface area contributed by atoms with E-state index < -0.39 is 0 Å². The summed E-state index contributed by atoms with van der Waals surface area (Å²) in [7, 11) is 2.16. The van der Waals surface area contributed by atoms with Crippen LogP contribution in [0.4, 0.5) is 0 Å². The summed E-state index contributed by atoms with van der Waals surface area (Å²) < 4.78 is 0. The number of rotatable bonds is 5. The zero-order chi connectivity index (χ0) is 13.7. The van der Waals surface area contributed by atoms with Crippen molar-refractivity contribution in [1.82, 2.24) is 15.5 Å². The molecule has 0 aliphatic carbocycles. The van der Waals surface area contributed by atoms with Crippen molar-refractivity contribution in [2.45, 2.75) is 39.0 Å². The van der Waals surface area contributed by atoms with Crippen LogP contribution >= 0.6 is 0 Å². The van der Waals surface area contributed by atoms with Gasteiger partial charge in [-0.2, -0.15) is 0 Å². The highest BCUT2D eigenvalue weighted by atomic mass is 16.2. The molecular formula is C15H29N3O. The first kappa shape index (κ1) is 14.8. The van der Waals surface area contributed by atoms with E-state index in [1.54, 1.807) is 0 Å². The van der Waals surface area contributed by atoms with E-state index in [9.17, 15) is 4.79 Å². The zero-order valence-electron chi connectivity index (χ0n) is 12.5. The third kappa shape index (κ3) is 3.69. The maximum Gasteiger partial charge on any atom is 0.226 e. The van der Waals surface area contributed by atoms with Crippen molar-refractivity contribution < 1.29 is 4.79 Å². The van der Waals surface area contributed by atoms with Crippen molar-refractivity contribution in [1.29, 1.82) is 0 Å². The SMILES string of the molecule is CCCC1(C(=O)NCC2CCN(C)C2)CCNCC1. The lowest BCUT2D eigenvalue weighted by atomic mass is 9.74. The Hall–Kier alpha value is -0.610. The highest BCUT2D eigenvalue weighted by molar-refractivity contribution is 5.82. The molecule has 0 saturated carbocycles. The molecule has 1 amide bonds. The molecule has 1 atom stereocenters. The molecule has 19 heavy (non-hydrogen) atoms. The van der Waals surface area contributed by atoms with Crippen LogP contribution < -0.4 is 10.6 Å². The van der Waals surface area contributed by atoms with Gasteiger partial charge < -0.3 is 15.5 Å². The number of nitrogens with zero attached hydrogens (tertiary/aromatic N) is 1.